The summed E-state index contributed by atoms with van der Waals surface area (Å²) in [6, 6.07) is 13.7. The lowest BCUT2D eigenvalue weighted by atomic mass is 10.2. The summed E-state index contributed by atoms with van der Waals surface area (Å²) in [5.74, 6) is 0.344. The van der Waals surface area contributed by atoms with E-state index >= 15 is 0 Å². The van der Waals surface area contributed by atoms with Crippen molar-refractivity contribution in [2.24, 2.45) is 5.92 Å². The number of carbonyl (C=O) groups excluding carboxylic acids is 2. The molecule has 0 radical (unpaired) electrons. The van der Waals surface area contributed by atoms with Crippen molar-refractivity contribution in [3.63, 3.8) is 0 Å². The number of halogens is 1. The first-order chi connectivity index (χ1) is 11.5. The molecular weight excluding hydrogens is 372 g/mol. The first-order valence-electron chi connectivity index (χ1n) is 7.55. The van der Waals surface area contributed by atoms with Gasteiger partial charge in [-0.1, -0.05) is 26.0 Å². The van der Waals surface area contributed by atoms with E-state index in [1.807, 2.05) is 6.07 Å². The molecule has 0 unspecified atom stereocenters. The van der Waals surface area contributed by atoms with E-state index in [2.05, 4.69) is 40.6 Å². The normalized spacial score (nSPS) is 10.3. The lowest BCUT2D eigenvalue weighted by molar-refractivity contribution is 0.0846. The van der Waals surface area contributed by atoms with Crippen molar-refractivity contribution in [1.82, 2.24) is 10.9 Å². The minimum Gasteiger partial charge on any atom is -0.493 e. The fraction of sp³-hybridized carbons (Fsp3) is 0.222. The Hall–Kier alpha value is -2.34. The van der Waals surface area contributed by atoms with Crippen molar-refractivity contribution in [2.45, 2.75) is 13.8 Å². The fourth-order valence-electron chi connectivity index (χ4n) is 1.86. The molecule has 0 aliphatic rings. The molecule has 6 heteroatoms. The Bertz CT molecular complexity index is 714. The van der Waals surface area contributed by atoms with Gasteiger partial charge < -0.3 is 4.74 Å². The molecule has 0 aromatic heterocycles. The highest BCUT2D eigenvalue weighted by atomic mass is 79.9. The van der Waals surface area contributed by atoms with Crippen molar-refractivity contribution in [3.8, 4) is 5.75 Å². The summed E-state index contributed by atoms with van der Waals surface area (Å²) in [7, 11) is 0. The summed E-state index contributed by atoms with van der Waals surface area (Å²) in [6.45, 7) is 4.75. The van der Waals surface area contributed by atoms with Gasteiger partial charge in [-0.2, -0.15) is 0 Å². The highest BCUT2D eigenvalue weighted by molar-refractivity contribution is 9.10. The number of benzene rings is 2. The largest absolute Gasteiger partial charge is 0.493 e. The summed E-state index contributed by atoms with van der Waals surface area (Å²) in [5, 5.41) is 0. The molecule has 5 nitrogen and oxygen atoms in total. The van der Waals surface area contributed by atoms with Gasteiger partial charge in [-0.05, 0) is 58.2 Å². The first-order valence-corrected chi connectivity index (χ1v) is 8.34. The van der Waals surface area contributed by atoms with Crippen LogP contribution in [0.1, 0.15) is 34.6 Å². The maximum Gasteiger partial charge on any atom is 0.270 e. The van der Waals surface area contributed by atoms with E-state index in [1.165, 1.54) is 0 Å². The molecule has 126 valence electrons. The molecule has 0 atom stereocenters. The van der Waals surface area contributed by atoms with Crippen molar-refractivity contribution >= 4 is 27.7 Å². The zero-order valence-electron chi connectivity index (χ0n) is 13.5. The van der Waals surface area contributed by atoms with Gasteiger partial charge in [0.05, 0.1) is 12.2 Å². The maximum atomic E-state index is 12.1. The van der Waals surface area contributed by atoms with Crippen LogP contribution in [0.25, 0.3) is 0 Å². The number of carbonyl (C=O) groups is 2. The van der Waals surface area contributed by atoms with E-state index in [1.54, 1.807) is 42.5 Å². The number of nitrogens with one attached hydrogen (secondary N) is 2. The van der Waals surface area contributed by atoms with Crippen LogP contribution in [0.3, 0.4) is 0 Å². The van der Waals surface area contributed by atoms with Crippen LogP contribution < -0.4 is 15.6 Å². The standard InChI is InChI=1S/C18H19BrN2O3/c1-12(2)11-24-14-9-7-13(8-10-14)17(22)20-21-18(23)15-5-3-4-6-16(15)19/h3-10,12H,11H2,1-2H3,(H,20,22)(H,21,23). The van der Waals surface area contributed by atoms with Crippen molar-refractivity contribution in [2.75, 3.05) is 6.61 Å². The number of ether oxygens (including phenoxy) is 1. The van der Waals surface area contributed by atoms with Gasteiger partial charge in [0.2, 0.25) is 0 Å². The van der Waals surface area contributed by atoms with Crippen LogP contribution in [0.2, 0.25) is 0 Å². The van der Waals surface area contributed by atoms with Crippen LogP contribution in [0.4, 0.5) is 0 Å². The zero-order valence-corrected chi connectivity index (χ0v) is 15.1. The highest BCUT2D eigenvalue weighted by Crippen LogP contribution is 2.15. The molecule has 0 aliphatic heterocycles. The second kappa shape index (κ2) is 8.49. The fourth-order valence-corrected chi connectivity index (χ4v) is 2.33. The molecule has 2 aromatic carbocycles. The topological polar surface area (TPSA) is 67.4 Å². The minimum absolute atomic E-state index is 0.396. The number of rotatable bonds is 5. The minimum atomic E-state index is -0.397. The molecule has 2 N–H and O–H groups in total. The van der Waals surface area contributed by atoms with E-state index in [0.717, 1.165) is 0 Å². The summed E-state index contributed by atoms with van der Waals surface area (Å²) < 4.78 is 6.22. The lowest BCUT2D eigenvalue weighted by Gasteiger charge is -2.10. The van der Waals surface area contributed by atoms with E-state index in [0.29, 0.717) is 33.9 Å². The van der Waals surface area contributed by atoms with Crippen LogP contribution in [0, 0.1) is 5.92 Å². The highest BCUT2D eigenvalue weighted by Gasteiger charge is 2.11. The molecule has 0 aliphatic carbocycles. The smallest absolute Gasteiger partial charge is 0.270 e. The Morgan fingerprint density at radius 1 is 1.00 bits per heavy atom. The first kappa shape index (κ1) is 18.0. The van der Waals surface area contributed by atoms with Gasteiger partial charge in [0.25, 0.3) is 11.8 Å². The Morgan fingerprint density at radius 2 is 1.62 bits per heavy atom. The molecule has 2 aromatic rings. The van der Waals surface area contributed by atoms with Crippen molar-refractivity contribution in [3.05, 3.63) is 64.1 Å². The Balaban J connectivity index is 1.90. The van der Waals surface area contributed by atoms with Gasteiger partial charge in [0.1, 0.15) is 5.75 Å². The third kappa shape index (κ3) is 5.09. The number of amides is 2. The monoisotopic (exact) mass is 390 g/mol. The quantitative estimate of drug-likeness (QED) is 0.766. The molecule has 24 heavy (non-hydrogen) atoms. The van der Waals surface area contributed by atoms with E-state index in [-0.39, 0.29) is 0 Å². The van der Waals surface area contributed by atoms with Gasteiger partial charge >= 0.3 is 0 Å². The Kier molecular flexibility index (Phi) is 6.37. The second-order valence-electron chi connectivity index (χ2n) is 5.62. The average molecular weight is 391 g/mol. The molecule has 0 fully saturated rings. The van der Waals surface area contributed by atoms with E-state index < -0.39 is 11.8 Å². The molecule has 0 saturated carbocycles. The van der Waals surface area contributed by atoms with Crippen LogP contribution in [0.15, 0.2) is 53.0 Å². The molecule has 2 amide bonds. The van der Waals surface area contributed by atoms with Crippen LogP contribution in [-0.4, -0.2) is 18.4 Å². The van der Waals surface area contributed by atoms with Gasteiger partial charge in [-0.15, -0.1) is 0 Å². The predicted molar refractivity (Wildman–Crippen MR) is 95.8 cm³/mol. The third-order valence-electron chi connectivity index (χ3n) is 3.11. The summed E-state index contributed by atoms with van der Waals surface area (Å²) >= 11 is 3.29. The van der Waals surface area contributed by atoms with Crippen molar-refractivity contribution in [1.29, 1.82) is 0 Å². The Morgan fingerprint density at radius 3 is 2.25 bits per heavy atom. The SMILES string of the molecule is CC(C)COc1ccc(C(=O)NNC(=O)c2ccccc2Br)cc1. The summed E-state index contributed by atoms with van der Waals surface area (Å²) in [4.78, 5) is 24.1. The van der Waals surface area contributed by atoms with E-state index in [9.17, 15) is 9.59 Å². The van der Waals surface area contributed by atoms with Gasteiger partial charge in [0.15, 0.2) is 0 Å². The zero-order chi connectivity index (χ0) is 17.5. The molecule has 0 spiro atoms. The maximum absolute atomic E-state index is 12.1. The number of hydrogen-bond donors (Lipinski definition) is 2. The van der Waals surface area contributed by atoms with Gasteiger partial charge in [0, 0.05) is 10.0 Å². The second-order valence-corrected chi connectivity index (χ2v) is 6.47. The average Bonchev–Trinajstić information content (AvgIpc) is 2.58. The molecule has 2 rings (SSSR count). The van der Waals surface area contributed by atoms with Crippen LogP contribution in [-0.2, 0) is 0 Å². The summed E-state index contributed by atoms with van der Waals surface area (Å²) in [5.41, 5.74) is 5.66. The Labute approximate surface area is 149 Å². The third-order valence-corrected chi connectivity index (χ3v) is 3.80. The predicted octanol–water partition coefficient (Wildman–Crippen LogP) is 3.56. The van der Waals surface area contributed by atoms with Crippen molar-refractivity contribution < 1.29 is 14.3 Å². The lowest BCUT2D eigenvalue weighted by Crippen LogP contribution is -2.41. The van der Waals surface area contributed by atoms with Crippen LogP contribution >= 0.6 is 15.9 Å². The van der Waals surface area contributed by atoms with Gasteiger partial charge in [-0.3, -0.25) is 20.4 Å². The number of hydrazine groups is 1. The van der Waals surface area contributed by atoms with Crippen LogP contribution in [0.5, 0.6) is 5.75 Å². The van der Waals surface area contributed by atoms with E-state index in [4.69, 9.17) is 4.74 Å². The molecule has 0 heterocycles. The summed E-state index contributed by atoms with van der Waals surface area (Å²) in [6.07, 6.45) is 0. The van der Waals surface area contributed by atoms with Gasteiger partial charge in [-0.25, -0.2) is 0 Å². The number of hydrogen-bond acceptors (Lipinski definition) is 3. The molecule has 0 saturated heterocycles. The molecule has 0 bridgehead atoms. The molecular formula is C18H19BrN2O3.